The molecule has 0 aromatic heterocycles. The number of hydrogen-bond donors (Lipinski definition) is 2. The second kappa shape index (κ2) is 4.75. The predicted octanol–water partition coefficient (Wildman–Crippen LogP) is -0.782. The van der Waals surface area contributed by atoms with E-state index in [0.717, 1.165) is 4.90 Å². The third kappa shape index (κ3) is 3.06. The Hall–Kier alpha value is -1.92. The molecule has 100 valence electrons. The summed E-state index contributed by atoms with van der Waals surface area (Å²) >= 11 is 0. The highest BCUT2D eigenvalue weighted by atomic mass is 16.4. The smallest absolute Gasteiger partial charge is 0.316 e. The molecule has 1 aliphatic heterocycles. The number of carbonyl (C=O) groups is 4. The monoisotopic (exact) mass is 256 g/mol. The fraction of sp³-hybridized carbons (Fsp3) is 0.636. The number of nitrogens with zero attached hydrogens (tertiary/aromatic N) is 1. The second-order valence-corrected chi connectivity index (χ2v) is 5.30. The van der Waals surface area contributed by atoms with Gasteiger partial charge in [0.25, 0.3) is 0 Å². The van der Waals surface area contributed by atoms with Gasteiger partial charge in [-0.15, -0.1) is 0 Å². The zero-order valence-electron chi connectivity index (χ0n) is 10.5. The van der Waals surface area contributed by atoms with E-state index in [2.05, 4.69) is 5.32 Å². The van der Waals surface area contributed by atoms with Crippen molar-refractivity contribution in [2.24, 2.45) is 11.3 Å². The van der Waals surface area contributed by atoms with E-state index in [1.807, 2.05) is 0 Å². The van der Waals surface area contributed by atoms with Crippen LogP contribution in [-0.4, -0.2) is 46.8 Å². The Labute approximate surface area is 104 Å². The molecule has 0 radical (unpaired) electrons. The maximum atomic E-state index is 12.1. The number of hydrogen-bond acceptors (Lipinski definition) is 4. The van der Waals surface area contributed by atoms with Gasteiger partial charge in [0.2, 0.25) is 17.7 Å². The fourth-order valence-electron chi connectivity index (χ4n) is 1.82. The summed E-state index contributed by atoms with van der Waals surface area (Å²) in [5, 5.41) is 11.2. The van der Waals surface area contributed by atoms with Gasteiger partial charge in [-0.25, -0.2) is 0 Å². The summed E-state index contributed by atoms with van der Waals surface area (Å²) in [6.07, 6.45) is 0. The Balaban J connectivity index is 2.94. The lowest BCUT2D eigenvalue weighted by atomic mass is 9.79. The van der Waals surface area contributed by atoms with Crippen molar-refractivity contribution in [3.05, 3.63) is 0 Å². The number of rotatable bonds is 2. The lowest BCUT2D eigenvalue weighted by Gasteiger charge is -2.32. The van der Waals surface area contributed by atoms with Crippen LogP contribution >= 0.6 is 0 Å². The molecule has 0 aromatic rings. The Kier molecular flexibility index (Phi) is 3.73. The molecule has 18 heavy (non-hydrogen) atoms. The second-order valence-electron chi connectivity index (χ2n) is 5.30. The molecule has 7 heteroatoms. The number of carboxylic acid groups (broad SMARTS) is 1. The number of carbonyl (C=O) groups excluding carboxylic acids is 3. The van der Waals surface area contributed by atoms with Crippen LogP contribution in [0, 0.1) is 11.3 Å². The lowest BCUT2D eigenvalue weighted by molar-refractivity contribution is -0.160. The van der Waals surface area contributed by atoms with Gasteiger partial charge in [-0.1, -0.05) is 20.8 Å². The van der Waals surface area contributed by atoms with Gasteiger partial charge >= 0.3 is 5.97 Å². The fourth-order valence-corrected chi connectivity index (χ4v) is 1.82. The molecular formula is C11H16N2O5. The number of imide groups is 1. The molecule has 2 N–H and O–H groups in total. The molecule has 1 fully saturated rings. The van der Waals surface area contributed by atoms with Gasteiger partial charge in [0.05, 0.1) is 0 Å². The largest absolute Gasteiger partial charge is 0.481 e. The van der Waals surface area contributed by atoms with Gasteiger partial charge in [-0.05, 0) is 5.41 Å². The van der Waals surface area contributed by atoms with Gasteiger partial charge in [0, 0.05) is 0 Å². The predicted molar refractivity (Wildman–Crippen MR) is 60.3 cm³/mol. The van der Waals surface area contributed by atoms with Crippen molar-refractivity contribution in [2.75, 3.05) is 13.1 Å². The topological polar surface area (TPSA) is 104 Å². The van der Waals surface area contributed by atoms with Crippen molar-refractivity contribution >= 4 is 23.7 Å². The minimum atomic E-state index is -1.28. The highest BCUT2D eigenvalue weighted by molar-refractivity contribution is 6.05. The molecule has 1 unspecified atom stereocenters. The third-order valence-corrected chi connectivity index (χ3v) is 2.62. The van der Waals surface area contributed by atoms with Crippen LogP contribution in [0.1, 0.15) is 20.8 Å². The maximum Gasteiger partial charge on any atom is 0.316 e. The number of carboxylic acids is 1. The van der Waals surface area contributed by atoms with Crippen LogP contribution in [0.4, 0.5) is 0 Å². The first-order chi connectivity index (χ1) is 8.12. The van der Waals surface area contributed by atoms with E-state index < -0.39 is 35.0 Å². The summed E-state index contributed by atoms with van der Waals surface area (Å²) in [4.78, 5) is 46.5. The molecule has 1 heterocycles. The molecule has 0 bridgehead atoms. The first-order valence-corrected chi connectivity index (χ1v) is 5.47. The molecule has 0 aromatic carbocycles. The van der Waals surface area contributed by atoms with Crippen molar-refractivity contribution in [2.45, 2.75) is 20.8 Å². The van der Waals surface area contributed by atoms with Crippen molar-refractivity contribution in [3.8, 4) is 0 Å². The van der Waals surface area contributed by atoms with E-state index in [9.17, 15) is 19.2 Å². The zero-order chi connectivity index (χ0) is 14.1. The highest BCUT2D eigenvalue weighted by Crippen LogP contribution is 2.28. The van der Waals surface area contributed by atoms with Crippen molar-refractivity contribution in [1.82, 2.24) is 10.2 Å². The summed E-state index contributed by atoms with van der Waals surface area (Å²) in [6, 6.07) is 0. The molecule has 1 rings (SSSR count). The van der Waals surface area contributed by atoms with Gasteiger partial charge in [-0.2, -0.15) is 0 Å². The van der Waals surface area contributed by atoms with E-state index in [0.29, 0.717) is 0 Å². The zero-order valence-corrected chi connectivity index (χ0v) is 10.5. The molecule has 1 saturated heterocycles. The van der Waals surface area contributed by atoms with Gasteiger partial charge < -0.3 is 10.0 Å². The minimum absolute atomic E-state index is 0.287. The third-order valence-electron chi connectivity index (χ3n) is 2.62. The lowest BCUT2D eigenvalue weighted by Crippen LogP contribution is -2.56. The Morgan fingerprint density at radius 3 is 2.00 bits per heavy atom. The van der Waals surface area contributed by atoms with E-state index in [4.69, 9.17) is 5.11 Å². The average molecular weight is 256 g/mol. The van der Waals surface area contributed by atoms with Gasteiger partial charge in [0.1, 0.15) is 19.0 Å². The van der Waals surface area contributed by atoms with Crippen LogP contribution in [0.15, 0.2) is 0 Å². The van der Waals surface area contributed by atoms with Crippen LogP contribution in [0.5, 0.6) is 0 Å². The van der Waals surface area contributed by atoms with Crippen LogP contribution in [0.3, 0.4) is 0 Å². The van der Waals surface area contributed by atoms with Gasteiger partial charge in [-0.3, -0.25) is 24.5 Å². The average Bonchev–Trinajstić information content (AvgIpc) is 2.12. The molecule has 0 aliphatic carbocycles. The molecule has 0 saturated carbocycles. The Morgan fingerprint density at radius 1 is 1.22 bits per heavy atom. The molecule has 3 amide bonds. The molecule has 0 spiro atoms. The van der Waals surface area contributed by atoms with E-state index in [1.165, 1.54) is 0 Å². The normalized spacial score (nSPS) is 18.3. The Morgan fingerprint density at radius 2 is 1.67 bits per heavy atom. The molecule has 1 atom stereocenters. The first-order valence-electron chi connectivity index (χ1n) is 5.47. The number of nitrogens with one attached hydrogen (secondary N) is 1. The summed E-state index contributed by atoms with van der Waals surface area (Å²) in [7, 11) is 0. The SMILES string of the molecule is CC(C)(C)C(C(=O)O)C(=O)N1CC(=O)NC(=O)C1. The Bertz CT molecular complexity index is 394. The van der Waals surface area contributed by atoms with Crippen LogP contribution < -0.4 is 5.32 Å². The summed E-state index contributed by atoms with van der Waals surface area (Å²) in [5.41, 5.74) is -0.792. The van der Waals surface area contributed by atoms with Crippen LogP contribution in [0.25, 0.3) is 0 Å². The minimum Gasteiger partial charge on any atom is -0.481 e. The molecule has 1 aliphatic rings. The standard InChI is InChI=1S/C11H16N2O5/c1-11(2,3)8(10(17)18)9(16)13-4-6(14)12-7(15)5-13/h8H,4-5H2,1-3H3,(H,17,18)(H,12,14,15). The summed E-state index contributed by atoms with van der Waals surface area (Å²) < 4.78 is 0. The maximum absolute atomic E-state index is 12.1. The van der Waals surface area contributed by atoms with Crippen LogP contribution in [-0.2, 0) is 19.2 Å². The number of aliphatic carboxylic acids is 1. The van der Waals surface area contributed by atoms with Gasteiger partial charge in [0.15, 0.2) is 0 Å². The van der Waals surface area contributed by atoms with E-state index >= 15 is 0 Å². The number of amides is 3. The van der Waals surface area contributed by atoms with Crippen molar-refractivity contribution < 1.29 is 24.3 Å². The molecule has 7 nitrogen and oxygen atoms in total. The van der Waals surface area contributed by atoms with E-state index in [1.54, 1.807) is 20.8 Å². The summed E-state index contributed by atoms with van der Waals surface area (Å²) in [5.74, 6) is -4.45. The van der Waals surface area contributed by atoms with Crippen molar-refractivity contribution in [1.29, 1.82) is 0 Å². The van der Waals surface area contributed by atoms with Crippen LogP contribution in [0.2, 0.25) is 0 Å². The first kappa shape index (κ1) is 14.1. The molecular weight excluding hydrogens is 240 g/mol. The highest BCUT2D eigenvalue weighted by Gasteiger charge is 2.42. The number of piperazine rings is 1. The quantitative estimate of drug-likeness (QED) is 0.498. The van der Waals surface area contributed by atoms with Crippen molar-refractivity contribution in [3.63, 3.8) is 0 Å². The summed E-state index contributed by atoms with van der Waals surface area (Å²) in [6.45, 7) is 4.29. The van der Waals surface area contributed by atoms with E-state index in [-0.39, 0.29) is 13.1 Å².